The topological polar surface area (TPSA) is 87.9 Å². The number of benzene rings is 1. The molecule has 0 aliphatic carbocycles. The molecular weight excluding hydrogens is 356 g/mol. The van der Waals surface area contributed by atoms with Gasteiger partial charge in [0.25, 0.3) is 0 Å². The molecule has 2 fully saturated rings. The number of nitrogens with one attached hydrogen (secondary N) is 1. The highest BCUT2D eigenvalue weighted by Crippen LogP contribution is 2.26. The van der Waals surface area contributed by atoms with Gasteiger partial charge in [-0.15, -0.1) is 0 Å². The predicted octanol–water partition coefficient (Wildman–Crippen LogP) is 1.29. The van der Waals surface area contributed by atoms with Gasteiger partial charge >= 0.3 is 0 Å². The molecule has 2 saturated heterocycles. The fourth-order valence-electron chi connectivity index (χ4n) is 4.53. The van der Waals surface area contributed by atoms with Gasteiger partial charge in [0.05, 0.1) is 25.7 Å². The maximum Gasteiger partial charge on any atom is 0.234 e. The Balaban J connectivity index is 1.47. The van der Waals surface area contributed by atoms with Crippen LogP contribution in [0.2, 0.25) is 0 Å². The molecule has 1 aromatic carbocycles. The second kappa shape index (κ2) is 9.39. The number of rotatable bonds is 7. The van der Waals surface area contributed by atoms with E-state index in [0.717, 1.165) is 56.6 Å². The molecule has 28 heavy (non-hydrogen) atoms. The third-order valence-corrected chi connectivity index (χ3v) is 6.00. The maximum atomic E-state index is 12.5. The zero-order valence-electron chi connectivity index (χ0n) is 16.9. The van der Waals surface area contributed by atoms with E-state index in [4.69, 9.17) is 10.5 Å². The quantitative estimate of drug-likeness (QED) is 0.735. The van der Waals surface area contributed by atoms with Gasteiger partial charge in [0.1, 0.15) is 5.75 Å². The Morgan fingerprint density at radius 1 is 1.21 bits per heavy atom. The van der Waals surface area contributed by atoms with Gasteiger partial charge in [-0.3, -0.25) is 19.4 Å². The minimum absolute atomic E-state index is 0.0213. The van der Waals surface area contributed by atoms with E-state index >= 15 is 0 Å². The number of para-hydroxylation sites is 1. The highest BCUT2D eigenvalue weighted by molar-refractivity contribution is 5.80. The van der Waals surface area contributed by atoms with Crippen LogP contribution in [0, 0.1) is 0 Å². The zero-order chi connectivity index (χ0) is 20.1. The second-order valence-electron chi connectivity index (χ2n) is 7.84. The number of ether oxygens (including phenoxy) is 1. The van der Waals surface area contributed by atoms with Crippen molar-refractivity contribution in [2.45, 2.75) is 50.7 Å². The lowest BCUT2D eigenvalue weighted by Gasteiger charge is -2.38. The lowest BCUT2D eigenvalue weighted by molar-refractivity contribution is -0.123. The molecule has 2 aliphatic rings. The summed E-state index contributed by atoms with van der Waals surface area (Å²) >= 11 is 0. The number of hydrogen-bond donors (Lipinski definition) is 2. The summed E-state index contributed by atoms with van der Waals surface area (Å²) in [5.74, 6) is 0.600. The van der Waals surface area contributed by atoms with Crippen LogP contribution in [-0.4, -0.2) is 67.0 Å². The Labute approximate surface area is 167 Å². The lowest BCUT2D eigenvalue weighted by Crippen LogP contribution is -2.51. The fourth-order valence-corrected chi connectivity index (χ4v) is 4.53. The largest absolute Gasteiger partial charge is 0.496 e. The van der Waals surface area contributed by atoms with E-state index in [1.807, 2.05) is 31.2 Å². The fraction of sp³-hybridized carbons (Fsp3) is 0.619. The van der Waals surface area contributed by atoms with Crippen LogP contribution in [0.15, 0.2) is 24.3 Å². The van der Waals surface area contributed by atoms with Crippen LogP contribution in [0.5, 0.6) is 5.75 Å². The summed E-state index contributed by atoms with van der Waals surface area (Å²) < 4.78 is 5.38. The summed E-state index contributed by atoms with van der Waals surface area (Å²) in [6.07, 6.45) is 3.86. The molecule has 0 bridgehead atoms. The zero-order valence-corrected chi connectivity index (χ0v) is 16.9. The van der Waals surface area contributed by atoms with Gasteiger partial charge < -0.3 is 15.8 Å². The first-order valence-electron chi connectivity index (χ1n) is 10.2. The molecular formula is C21H32N4O3. The number of methoxy groups -OCH3 is 1. The number of likely N-dealkylation sites (tertiary alicyclic amines) is 2. The van der Waals surface area contributed by atoms with E-state index in [1.54, 1.807) is 7.11 Å². The van der Waals surface area contributed by atoms with Gasteiger partial charge in [-0.05, 0) is 45.2 Å². The number of piperidine rings is 1. The highest BCUT2D eigenvalue weighted by Gasteiger charge is 2.35. The van der Waals surface area contributed by atoms with Crippen LogP contribution < -0.4 is 15.8 Å². The third kappa shape index (κ3) is 4.83. The maximum absolute atomic E-state index is 12.5. The number of nitrogens with two attached hydrogens (primary N) is 1. The van der Waals surface area contributed by atoms with Gasteiger partial charge in [-0.25, -0.2) is 0 Å². The van der Waals surface area contributed by atoms with Crippen molar-refractivity contribution in [1.29, 1.82) is 0 Å². The molecule has 2 aliphatic heterocycles. The minimum Gasteiger partial charge on any atom is -0.496 e. The summed E-state index contributed by atoms with van der Waals surface area (Å²) in [5.41, 5.74) is 6.53. The van der Waals surface area contributed by atoms with Gasteiger partial charge in [-0.1, -0.05) is 18.2 Å². The molecule has 154 valence electrons. The molecule has 0 radical (unpaired) electrons. The minimum atomic E-state index is -0.204. The molecule has 1 aromatic rings. The third-order valence-electron chi connectivity index (χ3n) is 6.00. The van der Waals surface area contributed by atoms with Gasteiger partial charge in [-0.2, -0.15) is 0 Å². The summed E-state index contributed by atoms with van der Waals surface area (Å²) in [6, 6.07) is 7.92. The Morgan fingerprint density at radius 2 is 1.93 bits per heavy atom. The van der Waals surface area contributed by atoms with E-state index < -0.39 is 0 Å². The standard InChI is InChI=1S/C21H32N4O3/c1-15(17-6-3-4-8-19(17)28-2)23-20(26)14-24-12-9-16(10-13-24)25-11-5-7-18(25)21(22)27/h3-4,6,8,15-16,18H,5,7,9-14H2,1-2H3,(H2,22,27)(H,23,26)/t15-,18+/m0/s1. The normalized spacial score (nSPS) is 22.7. The number of nitrogens with zero attached hydrogens (tertiary/aromatic N) is 2. The molecule has 2 amide bonds. The lowest BCUT2D eigenvalue weighted by atomic mass is 10.0. The molecule has 2 heterocycles. The first-order valence-corrected chi connectivity index (χ1v) is 10.2. The Kier molecular flexibility index (Phi) is 6.91. The predicted molar refractivity (Wildman–Crippen MR) is 108 cm³/mol. The summed E-state index contributed by atoms with van der Waals surface area (Å²) in [7, 11) is 1.64. The molecule has 2 atom stereocenters. The number of primary amides is 1. The molecule has 0 aromatic heterocycles. The summed E-state index contributed by atoms with van der Waals surface area (Å²) in [5, 5.41) is 3.07. The van der Waals surface area contributed by atoms with Crippen LogP contribution >= 0.6 is 0 Å². The molecule has 3 N–H and O–H groups in total. The highest BCUT2D eigenvalue weighted by atomic mass is 16.5. The van der Waals surface area contributed by atoms with Gasteiger partial charge in [0.15, 0.2) is 0 Å². The van der Waals surface area contributed by atoms with Crippen molar-refractivity contribution in [3.63, 3.8) is 0 Å². The van der Waals surface area contributed by atoms with Crippen molar-refractivity contribution >= 4 is 11.8 Å². The molecule has 7 heteroatoms. The van der Waals surface area contributed by atoms with Crippen molar-refractivity contribution in [3.05, 3.63) is 29.8 Å². The van der Waals surface area contributed by atoms with Crippen molar-refractivity contribution in [1.82, 2.24) is 15.1 Å². The molecule has 7 nitrogen and oxygen atoms in total. The Morgan fingerprint density at radius 3 is 2.61 bits per heavy atom. The van der Waals surface area contributed by atoms with Gasteiger partial charge in [0, 0.05) is 24.7 Å². The van der Waals surface area contributed by atoms with E-state index in [1.165, 1.54) is 0 Å². The van der Waals surface area contributed by atoms with Gasteiger partial charge in [0.2, 0.25) is 11.8 Å². The van der Waals surface area contributed by atoms with Crippen molar-refractivity contribution in [2.75, 3.05) is 33.3 Å². The molecule has 3 rings (SSSR count). The number of carbonyl (C=O) groups is 2. The smallest absolute Gasteiger partial charge is 0.234 e. The summed E-state index contributed by atoms with van der Waals surface area (Å²) in [4.78, 5) is 28.6. The first kappa shape index (κ1) is 20.6. The average molecular weight is 389 g/mol. The van der Waals surface area contributed by atoms with E-state index in [0.29, 0.717) is 12.6 Å². The van der Waals surface area contributed by atoms with Crippen LogP contribution in [0.1, 0.15) is 44.2 Å². The molecule has 0 saturated carbocycles. The number of amides is 2. The second-order valence-corrected chi connectivity index (χ2v) is 7.84. The van der Waals surface area contributed by atoms with E-state index in [-0.39, 0.29) is 23.9 Å². The Bertz CT molecular complexity index is 688. The number of hydrogen-bond acceptors (Lipinski definition) is 5. The van der Waals surface area contributed by atoms with E-state index in [2.05, 4.69) is 15.1 Å². The monoisotopic (exact) mass is 388 g/mol. The average Bonchev–Trinajstić information content (AvgIpc) is 3.18. The van der Waals surface area contributed by atoms with Crippen molar-refractivity contribution in [2.24, 2.45) is 5.73 Å². The summed E-state index contributed by atoms with van der Waals surface area (Å²) in [6.45, 7) is 5.05. The van der Waals surface area contributed by atoms with Crippen LogP contribution in [-0.2, 0) is 9.59 Å². The number of carbonyl (C=O) groups excluding carboxylic acids is 2. The molecule has 0 spiro atoms. The van der Waals surface area contributed by atoms with Crippen LogP contribution in [0.25, 0.3) is 0 Å². The van der Waals surface area contributed by atoms with Crippen LogP contribution in [0.4, 0.5) is 0 Å². The Hall–Kier alpha value is -2.12. The van der Waals surface area contributed by atoms with E-state index in [9.17, 15) is 9.59 Å². The van der Waals surface area contributed by atoms with Crippen LogP contribution in [0.3, 0.4) is 0 Å². The first-order chi connectivity index (χ1) is 13.5. The molecule has 0 unspecified atom stereocenters. The van der Waals surface area contributed by atoms with Crippen molar-refractivity contribution < 1.29 is 14.3 Å². The SMILES string of the molecule is COc1ccccc1[C@H](C)NC(=O)CN1CCC(N2CCC[C@@H]2C(N)=O)CC1. The van der Waals surface area contributed by atoms with Crippen molar-refractivity contribution in [3.8, 4) is 5.75 Å².